The molecule has 1 heterocycles. The van der Waals surface area contributed by atoms with Crippen LogP contribution in [0.3, 0.4) is 0 Å². The van der Waals surface area contributed by atoms with Gasteiger partial charge in [0.2, 0.25) is 0 Å². The first kappa shape index (κ1) is 17.1. The Morgan fingerprint density at radius 3 is 2.54 bits per heavy atom. The summed E-state index contributed by atoms with van der Waals surface area (Å²) in [6, 6.07) is 18.6. The van der Waals surface area contributed by atoms with Gasteiger partial charge in [0.15, 0.2) is 0 Å². The highest BCUT2D eigenvalue weighted by atomic mass is 35.5. The van der Waals surface area contributed by atoms with Crippen LogP contribution in [0, 0.1) is 0 Å². The van der Waals surface area contributed by atoms with Crippen molar-refractivity contribution in [3.05, 3.63) is 82.0 Å². The molecule has 0 aliphatic carbocycles. The van der Waals surface area contributed by atoms with E-state index in [1.807, 2.05) is 48.5 Å². The van der Waals surface area contributed by atoms with Gasteiger partial charge in [-0.15, -0.1) is 0 Å². The highest BCUT2D eigenvalue weighted by Crippen LogP contribution is 2.31. The second kappa shape index (κ2) is 7.86. The van der Waals surface area contributed by atoms with Gasteiger partial charge < -0.3 is 14.8 Å². The molecule has 1 aromatic heterocycles. The summed E-state index contributed by atoms with van der Waals surface area (Å²) >= 11 is 12.1. The van der Waals surface area contributed by atoms with Crippen molar-refractivity contribution in [2.45, 2.75) is 12.6 Å². The third-order valence-corrected chi connectivity index (χ3v) is 4.23. The van der Waals surface area contributed by atoms with Crippen LogP contribution >= 0.6 is 23.2 Å². The molecule has 3 nitrogen and oxygen atoms in total. The van der Waals surface area contributed by atoms with Crippen molar-refractivity contribution in [3.8, 4) is 11.3 Å². The second-order valence-corrected chi connectivity index (χ2v) is 6.29. The van der Waals surface area contributed by atoms with Crippen molar-refractivity contribution in [2.75, 3.05) is 6.54 Å². The zero-order chi connectivity index (χ0) is 16.9. The Labute approximate surface area is 150 Å². The molecule has 0 fully saturated rings. The minimum Gasteiger partial charge on any atom is -0.460 e. The first-order valence-corrected chi connectivity index (χ1v) is 8.37. The Morgan fingerprint density at radius 2 is 1.79 bits per heavy atom. The summed E-state index contributed by atoms with van der Waals surface area (Å²) in [7, 11) is 0. The highest BCUT2D eigenvalue weighted by Gasteiger charge is 2.10. The molecule has 24 heavy (non-hydrogen) atoms. The Balaban J connectivity index is 1.58. The lowest BCUT2D eigenvalue weighted by Gasteiger charge is -2.11. The molecule has 124 valence electrons. The zero-order valence-corrected chi connectivity index (χ0v) is 14.4. The van der Waals surface area contributed by atoms with E-state index >= 15 is 0 Å². The molecule has 0 saturated carbocycles. The molecule has 3 rings (SSSR count). The predicted molar refractivity (Wildman–Crippen MR) is 97.3 cm³/mol. The second-order valence-electron chi connectivity index (χ2n) is 5.45. The molecule has 1 unspecified atom stereocenters. The van der Waals surface area contributed by atoms with Crippen molar-refractivity contribution >= 4 is 23.2 Å². The number of hydrogen-bond acceptors (Lipinski definition) is 3. The Bertz CT molecular complexity index is 802. The minimum atomic E-state index is -0.550. The predicted octanol–water partition coefficient (Wildman–Crippen LogP) is 5.08. The summed E-state index contributed by atoms with van der Waals surface area (Å²) in [5.41, 5.74) is 1.69. The first-order valence-electron chi connectivity index (χ1n) is 7.61. The number of furan rings is 1. The van der Waals surface area contributed by atoms with E-state index in [9.17, 15) is 5.11 Å². The quantitative estimate of drug-likeness (QED) is 0.643. The van der Waals surface area contributed by atoms with Crippen molar-refractivity contribution in [1.29, 1.82) is 0 Å². The van der Waals surface area contributed by atoms with Gasteiger partial charge in [-0.3, -0.25) is 0 Å². The van der Waals surface area contributed by atoms with Crippen LogP contribution < -0.4 is 5.32 Å². The molecule has 0 saturated heterocycles. The number of hydrogen-bond donors (Lipinski definition) is 2. The van der Waals surface area contributed by atoms with Crippen molar-refractivity contribution in [1.82, 2.24) is 5.32 Å². The maximum Gasteiger partial charge on any atom is 0.135 e. The summed E-state index contributed by atoms with van der Waals surface area (Å²) in [4.78, 5) is 0. The fraction of sp³-hybridized carbons (Fsp3) is 0.158. The van der Waals surface area contributed by atoms with Gasteiger partial charge in [-0.1, -0.05) is 53.5 Å². The van der Waals surface area contributed by atoms with Crippen molar-refractivity contribution in [2.24, 2.45) is 0 Å². The van der Waals surface area contributed by atoms with E-state index < -0.39 is 6.10 Å². The molecule has 2 aromatic carbocycles. The van der Waals surface area contributed by atoms with E-state index in [1.54, 1.807) is 12.1 Å². The topological polar surface area (TPSA) is 45.4 Å². The van der Waals surface area contributed by atoms with E-state index in [0.717, 1.165) is 16.9 Å². The van der Waals surface area contributed by atoms with E-state index in [-0.39, 0.29) is 0 Å². The molecule has 0 aliphatic rings. The molecule has 5 heteroatoms. The number of rotatable bonds is 6. The molecule has 0 amide bonds. The van der Waals surface area contributed by atoms with Crippen LogP contribution in [-0.2, 0) is 6.54 Å². The number of aliphatic hydroxyl groups excluding tert-OH is 1. The van der Waals surface area contributed by atoms with Crippen LogP contribution in [-0.4, -0.2) is 11.7 Å². The smallest absolute Gasteiger partial charge is 0.135 e. The van der Waals surface area contributed by atoms with Crippen LogP contribution in [0.5, 0.6) is 0 Å². The van der Waals surface area contributed by atoms with Gasteiger partial charge in [-0.25, -0.2) is 0 Å². The van der Waals surface area contributed by atoms with Crippen LogP contribution in [0.25, 0.3) is 11.3 Å². The third-order valence-electron chi connectivity index (χ3n) is 3.68. The standard InChI is InChI=1S/C19H17Cl2NO2/c20-14-6-8-16(17(21)10-14)19-9-7-15(24-19)11-22-12-18(23)13-4-2-1-3-5-13/h1-10,18,22-23H,11-12H2. The van der Waals surface area contributed by atoms with Gasteiger partial charge in [-0.2, -0.15) is 0 Å². The molecule has 0 spiro atoms. The molecular formula is C19H17Cl2NO2. The molecule has 0 radical (unpaired) electrons. The van der Waals surface area contributed by atoms with Gasteiger partial charge in [0.05, 0.1) is 17.7 Å². The monoisotopic (exact) mass is 361 g/mol. The largest absolute Gasteiger partial charge is 0.460 e. The van der Waals surface area contributed by atoms with E-state index in [1.165, 1.54) is 0 Å². The van der Waals surface area contributed by atoms with Crippen LogP contribution in [0.2, 0.25) is 10.0 Å². The fourth-order valence-electron chi connectivity index (χ4n) is 2.43. The third kappa shape index (κ3) is 4.19. The molecule has 0 bridgehead atoms. The van der Waals surface area contributed by atoms with Crippen LogP contribution in [0.1, 0.15) is 17.4 Å². The maximum atomic E-state index is 10.1. The summed E-state index contributed by atoms with van der Waals surface area (Å²) in [5, 5.41) is 14.5. The van der Waals surface area contributed by atoms with Crippen molar-refractivity contribution in [3.63, 3.8) is 0 Å². The number of benzene rings is 2. The minimum absolute atomic E-state index is 0.446. The molecule has 2 N–H and O–H groups in total. The lowest BCUT2D eigenvalue weighted by atomic mass is 10.1. The van der Waals surface area contributed by atoms with Crippen LogP contribution in [0.4, 0.5) is 0 Å². The number of halogens is 2. The maximum absolute atomic E-state index is 10.1. The van der Waals surface area contributed by atoms with E-state index in [2.05, 4.69) is 5.32 Å². The van der Waals surface area contributed by atoms with Gasteiger partial charge >= 0.3 is 0 Å². The Kier molecular flexibility index (Phi) is 5.59. The molecular weight excluding hydrogens is 345 g/mol. The zero-order valence-electron chi connectivity index (χ0n) is 12.9. The normalized spacial score (nSPS) is 12.3. The first-order chi connectivity index (χ1) is 11.6. The lowest BCUT2D eigenvalue weighted by molar-refractivity contribution is 0.173. The van der Waals surface area contributed by atoms with Gasteiger partial charge in [0.1, 0.15) is 11.5 Å². The van der Waals surface area contributed by atoms with Gasteiger partial charge in [-0.05, 0) is 35.9 Å². The molecule has 0 aliphatic heterocycles. The number of aliphatic hydroxyl groups is 1. The summed E-state index contributed by atoms with van der Waals surface area (Å²) in [6.45, 7) is 0.969. The highest BCUT2D eigenvalue weighted by molar-refractivity contribution is 6.36. The van der Waals surface area contributed by atoms with E-state index in [4.69, 9.17) is 27.6 Å². The summed E-state index contributed by atoms with van der Waals surface area (Å²) < 4.78 is 5.81. The SMILES string of the molecule is OC(CNCc1ccc(-c2ccc(Cl)cc2Cl)o1)c1ccccc1. The van der Waals surface area contributed by atoms with Gasteiger partial charge in [0, 0.05) is 17.1 Å². The lowest BCUT2D eigenvalue weighted by Crippen LogP contribution is -2.20. The molecule has 1 atom stereocenters. The van der Waals surface area contributed by atoms with Crippen molar-refractivity contribution < 1.29 is 9.52 Å². The van der Waals surface area contributed by atoms with E-state index in [0.29, 0.717) is 28.9 Å². The average molecular weight is 362 g/mol. The Morgan fingerprint density at radius 1 is 1.00 bits per heavy atom. The van der Waals surface area contributed by atoms with Crippen LogP contribution in [0.15, 0.2) is 65.1 Å². The fourth-order valence-corrected chi connectivity index (χ4v) is 2.93. The average Bonchev–Trinajstić information content (AvgIpc) is 3.04. The summed E-state index contributed by atoms with van der Waals surface area (Å²) in [5.74, 6) is 1.47. The molecule has 3 aromatic rings. The van der Waals surface area contributed by atoms with Gasteiger partial charge in [0.25, 0.3) is 0 Å². The summed E-state index contributed by atoms with van der Waals surface area (Å²) in [6.07, 6.45) is -0.550. The Hall–Kier alpha value is -1.78. The number of nitrogens with one attached hydrogen (secondary N) is 1.